The van der Waals surface area contributed by atoms with Gasteiger partial charge in [0.25, 0.3) is 5.91 Å². The number of hydrogen-bond acceptors (Lipinski definition) is 3. The van der Waals surface area contributed by atoms with Crippen molar-refractivity contribution in [1.29, 1.82) is 0 Å². The number of anilines is 1. The predicted molar refractivity (Wildman–Crippen MR) is 93.2 cm³/mol. The molecule has 0 spiro atoms. The van der Waals surface area contributed by atoms with E-state index >= 15 is 0 Å². The van der Waals surface area contributed by atoms with Crippen molar-refractivity contribution < 1.29 is 14.8 Å². The van der Waals surface area contributed by atoms with Crippen LogP contribution in [0.4, 0.5) is 5.69 Å². The minimum atomic E-state index is -0.591. The van der Waals surface area contributed by atoms with E-state index in [1.54, 1.807) is 17.6 Å². The Bertz CT molecular complexity index is 714. The molecule has 0 saturated heterocycles. The average molecular weight is 326 g/mol. The second-order valence-electron chi connectivity index (χ2n) is 6.69. The fourth-order valence-electron chi connectivity index (χ4n) is 2.28. The van der Waals surface area contributed by atoms with E-state index in [1.807, 2.05) is 24.3 Å². The summed E-state index contributed by atoms with van der Waals surface area (Å²) in [5.41, 5.74) is 4.73. The first-order valence-corrected chi connectivity index (χ1v) is 7.73. The van der Waals surface area contributed by atoms with Gasteiger partial charge in [0.2, 0.25) is 5.91 Å². The van der Waals surface area contributed by atoms with E-state index in [-0.39, 0.29) is 17.7 Å². The smallest absolute Gasteiger partial charge is 0.274 e. The van der Waals surface area contributed by atoms with Crippen LogP contribution in [0.15, 0.2) is 48.5 Å². The van der Waals surface area contributed by atoms with Gasteiger partial charge in [0.1, 0.15) is 0 Å². The Kier molecular flexibility index (Phi) is 5.36. The van der Waals surface area contributed by atoms with Gasteiger partial charge in [-0.3, -0.25) is 14.8 Å². The maximum atomic E-state index is 12.1. The number of nitrogens with one attached hydrogen (secondary N) is 2. The standard InChI is InChI=1S/C19H22N2O3/c1-19(2,3)15-8-4-13(5-9-15)12-17(22)20-16-10-6-14(7-11-16)18(23)21-24/h4-11,24H,12H2,1-3H3,(H,20,22)(H,21,23). The molecule has 2 aromatic rings. The SMILES string of the molecule is CC(C)(C)c1ccc(CC(=O)Nc2ccc(C(=O)NO)cc2)cc1. The molecule has 0 bridgehead atoms. The highest BCUT2D eigenvalue weighted by Gasteiger charge is 2.13. The van der Waals surface area contributed by atoms with Crippen molar-refractivity contribution in [3.63, 3.8) is 0 Å². The summed E-state index contributed by atoms with van der Waals surface area (Å²) in [4.78, 5) is 23.3. The highest BCUT2D eigenvalue weighted by atomic mass is 16.5. The number of amides is 2. The molecule has 0 aliphatic heterocycles. The molecular formula is C19H22N2O3. The monoisotopic (exact) mass is 326 g/mol. The molecule has 0 radical (unpaired) electrons. The Labute approximate surface area is 141 Å². The molecule has 2 amide bonds. The molecule has 0 aliphatic carbocycles. The van der Waals surface area contributed by atoms with Gasteiger partial charge in [0.05, 0.1) is 6.42 Å². The van der Waals surface area contributed by atoms with E-state index in [2.05, 4.69) is 26.1 Å². The summed E-state index contributed by atoms with van der Waals surface area (Å²) in [7, 11) is 0. The highest BCUT2D eigenvalue weighted by molar-refractivity contribution is 5.95. The van der Waals surface area contributed by atoms with Gasteiger partial charge in [-0.05, 0) is 40.8 Å². The quantitative estimate of drug-likeness (QED) is 0.596. The lowest BCUT2D eigenvalue weighted by molar-refractivity contribution is -0.115. The van der Waals surface area contributed by atoms with Crippen LogP contribution in [0.5, 0.6) is 0 Å². The fraction of sp³-hybridized carbons (Fsp3) is 0.263. The Hall–Kier alpha value is -2.66. The van der Waals surface area contributed by atoms with Crippen LogP contribution in [0.3, 0.4) is 0 Å². The number of hydroxylamine groups is 1. The Balaban J connectivity index is 1.97. The zero-order valence-corrected chi connectivity index (χ0v) is 14.1. The van der Waals surface area contributed by atoms with Crippen molar-refractivity contribution in [2.75, 3.05) is 5.32 Å². The largest absolute Gasteiger partial charge is 0.326 e. The van der Waals surface area contributed by atoms with Gasteiger partial charge >= 0.3 is 0 Å². The van der Waals surface area contributed by atoms with E-state index in [0.717, 1.165) is 5.56 Å². The van der Waals surface area contributed by atoms with Crippen molar-refractivity contribution in [3.8, 4) is 0 Å². The minimum Gasteiger partial charge on any atom is -0.326 e. The molecule has 0 aromatic heterocycles. The first-order valence-electron chi connectivity index (χ1n) is 7.73. The molecule has 2 rings (SSSR count). The van der Waals surface area contributed by atoms with Crippen molar-refractivity contribution in [2.45, 2.75) is 32.6 Å². The summed E-state index contributed by atoms with van der Waals surface area (Å²) in [6.45, 7) is 6.44. The molecule has 3 N–H and O–H groups in total. The second kappa shape index (κ2) is 7.27. The lowest BCUT2D eigenvalue weighted by atomic mass is 9.86. The third-order valence-corrected chi connectivity index (χ3v) is 3.72. The summed E-state index contributed by atoms with van der Waals surface area (Å²) in [6, 6.07) is 14.3. The third kappa shape index (κ3) is 4.67. The van der Waals surface area contributed by atoms with E-state index in [0.29, 0.717) is 11.3 Å². The zero-order valence-electron chi connectivity index (χ0n) is 14.1. The van der Waals surface area contributed by atoms with Gasteiger partial charge in [-0.1, -0.05) is 45.0 Å². The van der Waals surface area contributed by atoms with Crippen LogP contribution < -0.4 is 10.8 Å². The van der Waals surface area contributed by atoms with Crippen LogP contribution in [-0.2, 0) is 16.6 Å². The van der Waals surface area contributed by atoms with E-state index in [1.165, 1.54) is 17.7 Å². The molecule has 2 aromatic carbocycles. The lowest BCUT2D eigenvalue weighted by Gasteiger charge is -2.19. The first kappa shape index (κ1) is 17.7. The molecule has 0 saturated carbocycles. The van der Waals surface area contributed by atoms with Crippen LogP contribution in [0.1, 0.15) is 42.3 Å². The van der Waals surface area contributed by atoms with Gasteiger partial charge < -0.3 is 5.32 Å². The van der Waals surface area contributed by atoms with Gasteiger partial charge in [-0.2, -0.15) is 0 Å². The number of carbonyl (C=O) groups is 2. The lowest BCUT2D eigenvalue weighted by Crippen LogP contribution is -2.19. The van der Waals surface area contributed by atoms with Crippen molar-refractivity contribution in [3.05, 3.63) is 65.2 Å². The van der Waals surface area contributed by atoms with Crippen LogP contribution in [0, 0.1) is 0 Å². The van der Waals surface area contributed by atoms with Crippen molar-refractivity contribution >= 4 is 17.5 Å². The minimum absolute atomic E-state index is 0.0867. The molecular weight excluding hydrogens is 304 g/mol. The van der Waals surface area contributed by atoms with Crippen molar-refractivity contribution in [2.24, 2.45) is 0 Å². The number of rotatable bonds is 4. The maximum Gasteiger partial charge on any atom is 0.274 e. The number of benzene rings is 2. The zero-order chi connectivity index (χ0) is 17.7. The summed E-state index contributed by atoms with van der Waals surface area (Å²) in [5, 5.41) is 11.4. The second-order valence-corrected chi connectivity index (χ2v) is 6.69. The summed E-state index contributed by atoms with van der Waals surface area (Å²) in [6.07, 6.45) is 0.281. The van der Waals surface area contributed by atoms with Gasteiger partial charge in [-0.25, -0.2) is 5.48 Å². The van der Waals surface area contributed by atoms with Crippen LogP contribution in [0.2, 0.25) is 0 Å². The number of hydrogen-bond donors (Lipinski definition) is 3. The molecule has 24 heavy (non-hydrogen) atoms. The molecule has 126 valence electrons. The molecule has 0 aliphatic rings. The van der Waals surface area contributed by atoms with Crippen molar-refractivity contribution in [1.82, 2.24) is 5.48 Å². The first-order chi connectivity index (χ1) is 11.3. The molecule has 0 fully saturated rings. The fourth-order valence-corrected chi connectivity index (χ4v) is 2.28. The Morgan fingerprint density at radius 1 is 0.958 bits per heavy atom. The highest BCUT2D eigenvalue weighted by Crippen LogP contribution is 2.22. The van der Waals surface area contributed by atoms with Crippen LogP contribution >= 0.6 is 0 Å². The van der Waals surface area contributed by atoms with Gasteiger partial charge in [0, 0.05) is 11.3 Å². The molecule has 5 heteroatoms. The number of carbonyl (C=O) groups excluding carboxylic acids is 2. The Morgan fingerprint density at radius 2 is 1.54 bits per heavy atom. The Morgan fingerprint density at radius 3 is 2.04 bits per heavy atom. The van der Waals surface area contributed by atoms with E-state index in [9.17, 15) is 9.59 Å². The third-order valence-electron chi connectivity index (χ3n) is 3.72. The summed E-state index contributed by atoms with van der Waals surface area (Å²) < 4.78 is 0. The summed E-state index contributed by atoms with van der Waals surface area (Å²) >= 11 is 0. The van der Waals surface area contributed by atoms with Gasteiger partial charge in [0.15, 0.2) is 0 Å². The molecule has 0 unspecified atom stereocenters. The van der Waals surface area contributed by atoms with Gasteiger partial charge in [-0.15, -0.1) is 0 Å². The van der Waals surface area contributed by atoms with E-state index < -0.39 is 5.91 Å². The predicted octanol–water partition coefficient (Wildman–Crippen LogP) is 3.28. The summed E-state index contributed by atoms with van der Waals surface area (Å²) in [5.74, 6) is -0.718. The topological polar surface area (TPSA) is 78.4 Å². The maximum absolute atomic E-state index is 12.1. The van der Waals surface area contributed by atoms with Crippen LogP contribution in [-0.4, -0.2) is 17.0 Å². The molecule has 5 nitrogen and oxygen atoms in total. The normalized spacial score (nSPS) is 11.0. The average Bonchev–Trinajstić information content (AvgIpc) is 2.54. The van der Waals surface area contributed by atoms with E-state index in [4.69, 9.17) is 5.21 Å². The molecule has 0 atom stereocenters. The molecule has 0 heterocycles. The van der Waals surface area contributed by atoms with Crippen LogP contribution in [0.25, 0.3) is 0 Å².